The first-order chi connectivity index (χ1) is 10.6. The maximum absolute atomic E-state index is 13.4. The zero-order chi connectivity index (χ0) is 15.9. The van der Waals surface area contributed by atoms with Gasteiger partial charge in [-0.25, -0.2) is 4.39 Å². The van der Waals surface area contributed by atoms with Gasteiger partial charge in [-0.3, -0.25) is 4.79 Å². The van der Waals surface area contributed by atoms with Gasteiger partial charge in [0.1, 0.15) is 11.6 Å². The molecule has 0 aliphatic heterocycles. The maximum Gasteiger partial charge on any atom is 0.224 e. The average Bonchev–Trinajstić information content (AvgIpc) is 2.48. The van der Waals surface area contributed by atoms with Crippen LogP contribution in [0.3, 0.4) is 0 Å². The molecule has 0 aliphatic rings. The van der Waals surface area contributed by atoms with Gasteiger partial charge in [-0.2, -0.15) is 0 Å². The first-order valence-corrected chi connectivity index (χ1v) is 7.30. The second-order valence-electron chi connectivity index (χ2n) is 5.25. The molecule has 116 valence electrons. The molecule has 0 spiro atoms. The van der Waals surface area contributed by atoms with E-state index in [1.165, 1.54) is 11.6 Å². The lowest BCUT2D eigenvalue weighted by Crippen LogP contribution is -2.13. The topological polar surface area (TPSA) is 38.3 Å². The number of hydrogen-bond acceptors (Lipinski definition) is 2. The molecular weight excluding hydrogens is 281 g/mol. The van der Waals surface area contributed by atoms with Gasteiger partial charge in [0.05, 0.1) is 12.3 Å². The van der Waals surface area contributed by atoms with Crippen LogP contribution in [-0.4, -0.2) is 12.5 Å². The zero-order valence-electron chi connectivity index (χ0n) is 12.9. The minimum absolute atomic E-state index is 0.211. The highest BCUT2D eigenvalue weighted by atomic mass is 19.1. The molecule has 0 aromatic heterocycles. The molecule has 0 bridgehead atoms. The molecule has 1 amide bonds. The third-order valence-electron chi connectivity index (χ3n) is 3.28. The van der Waals surface area contributed by atoms with Crippen LogP contribution < -0.4 is 10.1 Å². The number of carbonyl (C=O) groups is 1. The van der Waals surface area contributed by atoms with Crippen molar-refractivity contribution in [1.29, 1.82) is 0 Å². The molecule has 0 atom stereocenters. The molecule has 0 radical (unpaired) electrons. The summed E-state index contributed by atoms with van der Waals surface area (Å²) < 4.78 is 19.1. The van der Waals surface area contributed by atoms with Crippen LogP contribution in [-0.2, 0) is 4.79 Å². The number of amides is 1. The number of anilines is 1. The number of aryl methyl sites for hydroxylation is 2. The van der Waals surface area contributed by atoms with Crippen molar-refractivity contribution in [3.8, 4) is 5.75 Å². The van der Waals surface area contributed by atoms with E-state index in [9.17, 15) is 9.18 Å². The van der Waals surface area contributed by atoms with Gasteiger partial charge in [0, 0.05) is 6.42 Å². The Hall–Kier alpha value is -2.36. The van der Waals surface area contributed by atoms with Crippen LogP contribution in [0.1, 0.15) is 24.0 Å². The number of hydrogen-bond donors (Lipinski definition) is 1. The molecule has 0 unspecified atom stereocenters. The van der Waals surface area contributed by atoms with Crippen molar-refractivity contribution >= 4 is 11.6 Å². The Morgan fingerprint density at radius 2 is 1.95 bits per heavy atom. The van der Waals surface area contributed by atoms with Crippen LogP contribution in [0.25, 0.3) is 0 Å². The van der Waals surface area contributed by atoms with Crippen LogP contribution in [0.2, 0.25) is 0 Å². The summed E-state index contributed by atoms with van der Waals surface area (Å²) in [4.78, 5) is 11.8. The SMILES string of the molecule is Cc1ccc(OCCCC(=O)Nc2ccccc2F)c(C)c1. The van der Waals surface area contributed by atoms with E-state index in [2.05, 4.69) is 11.4 Å². The molecule has 0 saturated heterocycles. The van der Waals surface area contributed by atoms with Gasteiger partial charge in [0.2, 0.25) is 5.91 Å². The number of rotatable bonds is 6. The summed E-state index contributed by atoms with van der Waals surface area (Å²) in [7, 11) is 0. The molecule has 22 heavy (non-hydrogen) atoms. The second-order valence-corrected chi connectivity index (χ2v) is 5.25. The van der Waals surface area contributed by atoms with Crippen molar-refractivity contribution in [2.75, 3.05) is 11.9 Å². The quantitative estimate of drug-likeness (QED) is 0.810. The molecule has 2 aromatic rings. The number of para-hydroxylation sites is 1. The lowest BCUT2D eigenvalue weighted by atomic mass is 10.1. The smallest absolute Gasteiger partial charge is 0.224 e. The standard InChI is InChI=1S/C18H20FNO2/c1-13-9-10-17(14(2)12-13)22-11-5-8-18(21)20-16-7-4-3-6-15(16)19/h3-4,6-7,9-10,12H,5,8,11H2,1-2H3,(H,20,21). The summed E-state index contributed by atoms with van der Waals surface area (Å²) in [6.45, 7) is 4.48. The Labute approximate surface area is 130 Å². The number of nitrogens with one attached hydrogen (secondary N) is 1. The molecule has 2 aromatic carbocycles. The Morgan fingerprint density at radius 1 is 1.18 bits per heavy atom. The fourth-order valence-electron chi connectivity index (χ4n) is 2.15. The highest BCUT2D eigenvalue weighted by Crippen LogP contribution is 2.19. The molecule has 0 fully saturated rings. The number of ether oxygens (including phenoxy) is 1. The fourth-order valence-corrected chi connectivity index (χ4v) is 2.15. The van der Waals surface area contributed by atoms with Crippen LogP contribution in [0.4, 0.5) is 10.1 Å². The number of benzene rings is 2. The van der Waals surface area contributed by atoms with E-state index in [4.69, 9.17) is 4.74 Å². The van der Waals surface area contributed by atoms with E-state index in [-0.39, 0.29) is 11.6 Å². The molecular formula is C18H20FNO2. The normalized spacial score (nSPS) is 10.3. The largest absolute Gasteiger partial charge is 0.493 e. The van der Waals surface area contributed by atoms with Gasteiger partial charge in [0.15, 0.2) is 0 Å². The van der Waals surface area contributed by atoms with Gasteiger partial charge < -0.3 is 10.1 Å². The van der Waals surface area contributed by atoms with Crippen molar-refractivity contribution in [3.05, 3.63) is 59.4 Å². The molecule has 1 N–H and O–H groups in total. The summed E-state index contributed by atoms with van der Waals surface area (Å²) in [6, 6.07) is 12.1. The van der Waals surface area contributed by atoms with Crippen molar-refractivity contribution in [1.82, 2.24) is 0 Å². The van der Waals surface area contributed by atoms with Gasteiger partial charge in [0.25, 0.3) is 0 Å². The van der Waals surface area contributed by atoms with Crippen molar-refractivity contribution < 1.29 is 13.9 Å². The predicted molar refractivity (Wildman–Crippen MR) is 85.7 cm³/mol. The third-order valence-corrected chi connectivity index (χ3v) is 3.28. The number of carbonyl (C=O) groups excluding carboxylic acids is 1. The summed E-state index contributed by atoms with van der Waals surface area (Å²) in [5, 5.41) is 2.56. The molecule has 0 saturated carbocycles. The van der Waals surface area contributed by atoms with Gasteiger partial charge in [-0.1, -0.05) is 29.8 Å². The Kier molecular flexibility index (Phi) is 5.53. The Balaban J connectivity index is 1.74. The van der Waals surface area contributed by atoms with Crippen LogP contribution in [0.15, 0.2) is 42.5 Å². The van der Waals surface area contributed by atoms with Crippen LogP contribution in [0.5, 0.6) is 5.75 Å². The summed E-state index contributed by atoms with van der Waals surface area (Å²) in [5.41, 5.74) is 2.48. The van der Waals surface area contributed by atoms with Gasteiger partial charge in [-0.05, 0) is 44.0 Å². The second kappa shape index (κ2) is 7.59. The zero-order valence-corrected chi connectivity index (χ0v) is 12.9. The molecule has 4 heteroatoms. The van der Waals surface area contributed by atoms with E-state index >= 15 is 0 Å². The lowest BCUT2D eigenvalue weighted by molar-refractivity contribution is -0.116. The van der Waals surface area contributed by atoms with E-state index in [0.29, 0.717) is 19.4 Å². The van der Waals surface area contributed by atoms with E-state index in [1.807, 2.05) is 26.0 Å². The van der Waals surface area contributed by atoms with Crippen LogP contribution in [0, 0.1) is 19.7 Å². The third kappa shape index (κ3) is 4.58. The summed E-state index contributed by atoms with van der Waals surface area (Å²) in [5.74, 6) is 0.192. The van der Waals surface area contributed by atoms with Crippen molar-refractivity contribution in [2.45, 2.75) is 26.7 Å². The maximum atomic E-state index is 13.4. The highest BCUT2D eigenvalue weighted by Gasteiger charge is 2.06. The number of halogens is 1. The van der Waals surface area contributed by atoms with Crippen molar-refractivity contribution in [2.24, 2.45) is 0 Å². The molecule has 3 nitrogen and oxygen atoms in total. The van der Waals surface area contributed by atoms with Crippen molar-refractivity contribution in [3.63, 3.8) is 0 Å². The minimum Gasteiger partial charge on any atom is -0.493 e. The summed E-state index contributed by atoms with van der Waals surface area (Å²) in [6.07, 6.45) is 0.868. The van der Waals surface area contributed by atoms with E-state index < -0.39 is 5.82 Å². The highest BCUT2D eigenvalue weighted by molar-refractivity contribution is 5.90. The Morgan fingerprint density at radius 3 is 2.68 bits per heavy atom. The average molecular weight is 301 g/mol. The predicted octanol–water partition coefficient (Wildman–Crippen LogP) is 4.24. The van der Waals surface area contributed by atoms with E-state index in [0.717, 1.165) is 11.3 Å². The Bertz CT molecular complexity index is 655. The van der Waals surface area contributed by atoms with E-state index in [1.54, 1.807) is 18.2 Å². The molecule has 0 aliphatic carbocycles. The molecule has 2 rings (SSSR count). The monoisotopic (exact) mass is 301 g/mol. The minimum atomic E-state index is -0.428. The fraction of sp³-hybridized carbons (Fsp3) is 0.278. The first kappa shape index (κ1) is 16.0. The van der Waals surface area contributed by atoms with Gasteiger partial charge in [-0.15, -0.1) is 0 Å². The lowest BCUT2D eigenvalue weighted by Gasteiger charge is -2.10. The van der Waals surface area contributed by atoms with Crippen LogP contribution >= 0.6 is 0 Å². The van der Waals surface area contributed by atoms with Gasteiger partial charge >= 0.3 is 0 Å². The first-order valence-electron chi connectivity index (χ1n) is 7.30. The summed E-state index contributed by atoms with van der Waals surface area (Å²) >= 11 is 0. The molecule has 0 heterocycles.